The van der Waals surface area contributed by atoms with Gasteiger partial charge in [-0.3, -0.25) is 0 Å². The highest BCUT2D eigenvalue weighted by Crippen LogP contribution is 2.22. The molecule has 0 amide bonds. The zero-order chi connectivity index (χ0) is 11.4. The lowest BCUT2D eigenvalue weighted by Gasteiger charge is -2.07. The van der Waals surface area contributed by atoms with Crippen LogP contribution in [0.2, 0.25) is 0 Å². The summed E-state index contributed by atoms with van der Waals surface area (Å²) in [6.45, 7) is 0.461. The molecule has 0 atom stereocenters. The number of hydrogen-bond acceptors (Lipinski definition) is 4. The molecule has 82 valence electrons. The SMILES string of the molecule is Oc1ccc(CNc2ccccn2)c(O)c1. The highest BCUT2D eigenvalue weighted by atomic mass is 16.3. The minimum absolute atomic E-state index is 0.0547. The monoisotopic (exact) mass is 216 g/mol. The predicted molar refractivity (Wildman–Crippen MR) is 61.3 cm³/mol. The molecule has 16 heavy (non-hydrogen) atoms. The van der Waals surface area contributed by atoms with Gasteiger partial charge < -0.3 is 15.5 Å². The molecule has 1 heterocycles. The third-order valence-electron chi connectivity index (χ3n) is 2.19. The minimum atomic E-state index is 0.0547. The van der Waals surface area contributed by atoms with Crippen molar-refractivity contribution >= 4 is 5.82 Å². The molecular weight excluding hydrogens is 204 g/mol. The summed E-state index contributed by atoms with van der Waals surface area (Å²) in [5.74, 6) is 0.873. The topological polar surface area (TPSA) is 65.4 Å². The first kappa shape index (κ1) is 10.3. The van der Waals surface area contributed by atoms with Crippen LogP contribution in [0.3, 0.4) is 0 Å². The molecule has 4 nitrogen and oxygen atoms in total. The summed E-state index contributed by atoms with van der Waals surface area (Å²) in [5.41, 5.74) is 0.712. The van der Waals surface area contributed by atoms with E-state index in [-0.39, 0.29) is 11.5 Å². The summed E-state index contributed by atoms with van der Waals surface area (Å²) >= 11 is 0. The van der Waals surface area contributed by atoms with Crippen molar-refractivity contribution in [2.24, 2.45) is 0 Å². The summed E-state index contributed by atoms with van der Waals surface area (Å²) in [6.07, 6.45) is 1.69. The van der Waals surface area contributed by atoms with Crippen LogP contribution in [0.1, 0.15) is 5.56 Å². The molecule has 0 fully saturated rings. The molecule has 0 saturated carbocycles. The van der Waals surface area contributed by atoms with Gasteiger partial charge in [0.25, 0.3) is 0 Å². The van der Waals surface area contributed by atoms with Crippen LogP contribution in [0.25, 0.3) is 0 Å². The number of phenols is 2. The molecule has 4 heteroatoms. The van der Waals surface area contributed by atoms with Crippen molar-refractivity contribution in [2.45, 2.75) is 6.54 Å². The highest BCUT2D eigenvalue weighted by molar-refractivity contribution is 5.42. The highest BCUT2D eigenvalue weighted by Gasteiger charge is 2.01. The fourth-order valence-electron chi connectivity index (χ4n) is 1.35. The maximum Gasteiger partial charge on any atom is 0.126 e. The molecule has 3 N–H and O–H groups in total. The molecule has 0 unspecified atom stereocenters. The Hall–Kier alpha value is -2.23. The second-order valence-corrected chi connectivity index (χ2v) is 3.38. The average Bonchev–Trinajstić information content (AvgIpc) is 2.29. The van der Waals surface area contributed by atoms with E-state index in [1.54, 1.807) is 12.3 Å². The van der Waals surface area contributed by atoms with E-state index in [0.29, 0.717) is 12.1 Å². The van der Waals surface area contributed by atoms with E-state index in [4.69, 9.17) is 5.11 Å². The second kappa shape index (κ2) is 4.53. The molecule has 2 rings (SSSR count). The van der Waals surface area contributed by atoms with Crippen LogP contribution in [0.4, 0.5) is 5.82 Å². The molecule has 0 bridgehead atoms. The van der Waals surface area contributed by atoms with E-state index < -0.39 is 0 Å². The van der Waals surface area contributed by atoms with Crippen LogP contribution in [0.5, 0.6) is 11.5 Å². The molecule has 0 aliphatic carbocycles. The number of nitrogens with one attached hydrogen (secondary N) is 1. The van der Waals surface area contributed by atoms with Crippen LogP contribution in [-0.2, 0) is 6.54 Å². The van der Waals surface area contributed by atoms with Gasteiger partial charge in [0.05, 0.1) is 0 Å². The van der Waals surface area contributed by atoms with Gasteiger partial charge in [-0.1, -0.05) is 6.07 Å². The van der Waals surface area contributed by atoms with Crippen LogP contribution < -0.4 is 5.32 Å². The van der Waals surface area contributed by atoms with Crippen molar-refractivity contribution in [1.82, 2.24) is 4.98 Å². The van der Waals surface area contributed by atoms with Crippen molar-refractivity contribution in [2.75, 3.05) is 5.32 Å². The second-order valence-electron chi connectivity index (χ2n) is 3.38. The maximum absolute atomic E-state index is 9.55. The zero-order valence-electron chi connectivity index (χ0n) is 8.59. The van der Waals surface area contributed by atoms with Crippen LogP contribution in [0, 0.1) is 0 Å². The number of nitrogens with zero attached hydrogens (tertiary/aromatic N) is 1. The lowest BCUT2D eigenvalue weighted by molar-refractivity contribution is 0.446. The summed E-state index contributed by atoms with van der Waals surface area (Å²) in [4.78, 5) is 4.10. The van der Waals surface area contributed by atoms with Crippen molar-refractivity contribution in [3.8, 4) is 11.5 Å². The number of benzene rings is 1. The summed E-state index contributed by atoms with van der Waals surface area (Å²) in [7, 11) is 0. The summed E-state index contributed by atoms with van der Waals surface area (Å²) < 4.78 is 0. The number of phenolic OH excluding ortho intramolecular Hbond substituents is 2. The molecule has 1 aromatic heterocycles. The molecular formula is C12H12N2O2. The van der Waals surface area contributed by atoms with Gasteiger partial charge in [0.2, 0.25) is 0 Å². The quantitative estimate of drug-likeness (QED) is 0.735. The van der Waals surface area contributed by atoms with E-state index in [1.165, 1.54) is 12.1 Å². The van der Waals surface area contributed by atoms with Crippen LogP contribution in [-0.4, -0.2) is 15.2 Å². The van der Waals surface area contributed by atoms with E-state index >= 15 is 0 Å². The molecule has 1 aromatic carbocycles. The molecule has 0 saturated heterocycles. The van der Waals surface area contributed by atoms with Gasteiger partial charge in [-0.15, -0.1) is 0 Å². The van der Waals surface area contributed by atoms with Gasteiger partial charge in [0.15, 0.2) is 0 Å². The maximum atomic E-state index is 9.55. The van der Waals surface area contributed by atoms with Crippen LogP contribution >= 0.6 is 0 Å². The van der Waals surface area contributed by atoms with E-state index in [0.717, 1.165) is 5.82 Å². The number of aromatic hydroxyl groups is 2. The van der Waals surface area contributed by atoms with Gasteiger partial charge in [-0.2, -0.15) is 0 Å². The van der Waals surface area contributed by atoms with Crippen molar-refractivity contribution < 1.29 is 10.2 Å². The number of anilines is 1. The first-order valence-electron chi connectivity index (χ1n) is 4.91. The molecule has 0 aliphatic rings. The normalized spacial score (nSPS) is 10.0. The Morgan fingerprint density at radius 2 is 2.00 bits per heavy atom. The fourth-order valence-corrected chi connectivity index (χ4v) is 1.35. The Balaban J connectivity index is 2.05. The van der Waals surface area contributed by atoms with Crippen LogP contribution in [0.15, 0.2) is 42.6 Å². The van der Waals surface area contributed by atoms with Gasteiger partial charge in [0, 0.05) is 24.4 Å². The summed E-state index contributed by atoms with van der Waals surface area (Å²) in [5, 5.41) is 21.7. The number of aromatic nitrogens is 1. The smallest absolute Gasteiger partial charge is 0.126 e. The first-order valence-corrected chi connectivity index (χ1v) is 4.91. The lowest BCUT2D eigenvalue weighted by atomic mass is 10.2. The molecule has 2 aromatic rings. The third-order valence-corrected chi connectivity index (χ3v) is 2.19. The van der Waals surface area contributed by atoms with Gasteiger partial charge >= 0.3 is 0 Å². The number of hydrogen-bond donors (Lipinski definition) is 3. The first-order chi connectivity index (χ1) is 7.75. The van der Waals surface area contributed by atoms with E-state index in [1.807, 2.05) is 18.2 Å². The lowest BCUT2D eigenvalue weighted by Crippen LogP contribution is -2.00. The van der Waals surface area contributed by atoms with Crippen molar-refractivity contribution in [3.05, 3.63) is 48.2 Å². The zero-order valence-corrected chi connectivity index (χ0v) is 8.59. The molecule has 0 spiro atoms. The minimum Gasteiger partial charge on any atom is -0.508 e. The van der Waals surface area contributed by atoms with E-state index in [9.17, 15) is 5.11 Å². The molecule has 0 radical (unpaired) electrons. The predicted octanol–water partition coefficient (Wildman–Crippen LogP) is 2.10. The molecule has 0 aliphatic heterocycles. The van der Waals surface area contributed by atoms with E-state index in [2.05, 4.69) is 10.3 Å². The fraction of sp³-hybridized carbons (Fsp3) is 0.0833. The van der Waals surface area contributed by atoms with Gasteiger partial charge in [-0.25, -0.2) is 4.98 Å². The standard InChI is InChI=1S/C12H12N2O2/c15-10-5-4-9(11(16)7-10)8-14-12-3-1-2-6-13-12/h1-7,15-16H,8H2,(H,13,14). The Morgan fingerprint density at radius 3 is 2.69 bits per heavy atom. The van der Waals surface area contributed by atoms with Gasteiger partial charge in [-0.05, 0) is 24.3 Å². The third kappa shape index (κ3) is 2.42. The number of rotatable bonds is 3. The summed E-state index contributed by atoms with van der Waals surface area (Å²) in [6, 6.07) is 10.1. The Labute approximate surface area is 93.2 Å². The van der Waals surface area contributed by atoms with Crippen molar-refractivity contribution in [3.63, 3.8) is 0 Å². The number of pyridine rings is 1. The van der Waals surface area contributed by atoms with Crippen molar-refractivity contribution in [1.29, 1.82) is 0 Å². The Morgan fingerprint density at radius 1 is 1.12 bits per heavy atom. The van der Waals surface area contributed by atoms with Gasteiger partial charge in [0.1, 0.15) is 17.3 Å². The average molecular weight is 216 g/mol. The Kier molecular flexibility index (Phi) is 2.91. The Bertz CT molecular complexity index is 472. The largest absolute Gasteiger partial charge is 0.508 e.